The number of H-pyrrole nitrogens is 3. The molecule has 4 aromatic rings. The summed E-state index contributed by atoms with van der Waals surface area (Å²) in [5, 5.41) is 11.1. The van der Waals surface area contributed by atoms with E-state index in [1.165, 1.54) is 18.2 Å². The average Bonchev–Trinajstić information content (AvgIpc) is 2.78. The zero-order valence-electron chi connectivity index (χ0n) is 16.1. The van der Waals surface area contributed by atoms with E-state index in [2.05, 4.69) is 19.9 Å². The minimum absolute atomic E-state index is 0.0416. The summed E-state index contributed by atoms with van der Waals surface area (Å²) in [6, 6.07) is 14.4. The Morgan fingerprint density at radius 2 is 1.66 bits per heavy atom. The molecule has 32 heavy (non-hydrogen) atoms. The van der Waals surface area contributed by atoms with Crippen molar-refractivity contribution >= 4 is 5.69 Å². The maximum absolute atomic E-state index is 13.2. The van der Waals surface area contributed by atoms with Gasteiger partial charge in [-0.1, -0.05) is 42.5 Å². The quantitative estimate of drug-likeness (QED) is 0.290. The minimum Gasteiger partial charge on any atom is -0.421 e. The van der Waals surface area contributed by atoms with Crippen molar-refractivity contribution in [1.29, 1.82) is 0 Å². The van der Waals surface area contributed by atoms with Crippen LogP contribution in [-0.2, 0) is 0 Å². The second kappa shape index (κ2) is 7.16. The molecule has 1 aliphatic heterocycles. The summed E-state index contributed by atoms with van der Waals surface area (Å²) in [5.74, 6) is -1.05. The van der Waals surface area contributed by atoms with Gasteiger partial charge in [0, 0.05) is 17.7 Å². The topological polar surface area (TPSA) is 164 Å². The lowest BCUT2D eigenvalue weighted by molar-refractivity contribution is -0.384. The number of hydrogen-bond donors (Lipinski definition) is 3. The molecule has 158 valence electrons. The van der Waals surface area contributed by atoms with Crippen LogP contribution >= 0.6 is 0 Å². The molecular formula is C21H13N5O6. The highest BCUT2D eigenvalue weighted by molar-refractivity contribution is 5.61. The number of fused-ring (bicyclic) bond motifs is 2. The van der Waals surface area contributed by atoms with Gasteiger partial charge in [-0.2, -0.15) is 4.98 Å². The predicted octanol–water partition coefficient (Wildman–Crippen LogP) is 2.01. The van der Waals surface area contributed by atoms with Crippen LogP contribution in [0.3, 0.4) is 0 Å². The minimum atomic E-state index is -0.856. The molecule has 1 aliphatic rings. The Hall–Kier alpha value is -4.80. The van der Waals surface area contributed by atoms with Gasteiger partial charge >= 0.3 is 5.69 Å². The van der Waals surface area contributed by atoms with E-state index in [0.29, 0.717) is 11.1 Å². The van der Waals surface area contributed by atoms with Crippen molar-refractivity contribution < 1.29 is 9.66 Å². The van der Waals surface area contributed by atoms with E-state index in [-0.39, 0.29) is 34.4 Å². The molecule has 0 saturated carbocycles. The number of nitro groups is 1. The number of nitrogens with one attached hydrogen (secondary N) is 3. The fraction of sp³-hybridized carbons (Fsp3) is 0.0476. The number of hydrogen-bond acceptors (Lipinski definition) is 7. The van der Waals surface area contributed by atoms with Gasteiger partial charge in [0.2, 0.25) is 11.8 Å². The monoisotopic (exact) mass is 431 g/mol. The Labute approximate surface area is 177 Å². The van der Waals surface area contributed by atoms with Crippen molar-refractivity contribution in [2.45, 2.75) is 5.92 Å². The van der Waals surface area contributed by atoms with Gasteiger partial charge < -0.3 is 9.72 Å². The molecule has 11 heteroatoms. The molecule has 2 aromatic carbocycles. The van der Waals surface area contributed by atoms with E-state index in [1.807, 2.05) is 0 Å². The molecule has 0 amide bonds. The number of ether oxygens (including phenoxy) is 1. The first-order valence-corrected chi connectivity index (χ1v) is 9.40. The average molecular weight is 431 g/mol. The van der Waals surface area contributed by atoms with Crippen LogP contribution in [0.4, 0.5) is 5.69 Å². The molecule has 11 nitrogen and oxygen atoms in total. The standard InChI is InChI=1S/C21H13N5O6/c27-17-14-13(10-5-2-1-3-6-10)15-18(28)24-21(29)25-20(15)32-19(14)23-16(22-17)11-7-4-8-12(9-11)26(30)31/h1-9,13H,(H,22,23,27)(H2,24,25,28,29). The van der Waals surface area contributed by atoms with E-state index >= 15 is 0 Å². The Morgan fingerprint density at radius 3 is 2.41 bits per heavy atom. The molecule has 1 atom stereocenters. The van der Waals surface area contributed by atoms with E-state index in [1.54, 1.807) is 36.4 Å². The zero-order valence-corrected chi connectivity index (χ0v) is 16.1. The largest absolute Gasteiger partial charge is 0.421 e. The maximum Gasteiger partial charge on any atom is 0.328 e. The number of benzene rings is 2. The highest BCUT2D eigenvalue weighted by atomic mass is 16.6. The first-order chi connectivity index (χ1) is 15.4. The maximum atomic E-state index is 13.2. The predicted molar refractivity (Wildman–Crippen MR) is 112 cm³/mol. The molecule has 3 heterocycles. The summed E-state index contributed by atoms with van der Waals surface area (Å²) < 4.78 is 5.67. The Morgan fingerprint density at radius 1 is 0.906 bits per heavy atom. The molecule has 0 saturated heterocycles. The Kier molecular flexibility index (Phi) is 4.29. The molecule has 0 radical (unpaired) electrons. The molecule has 0 aliphatic carbocycles. The van der Waals surface area contributed by atoms with Gasteiger partial charge in [-0.25, -0.2) is 4.79 Å². The van der Waals surface area contributed by atoms with Crippen molar-refractivity contribution in [1.82, 2.24) is 19.9 Å². The van der Waals surface area contributed by atoms with Crippen LogP contribution in [0.2, 0.25) is 0 Å². The SMILES string of the molecule is O=c1[nH]c2c(c(=O)[nH]1)C(c1ccccc1)c1c(nc(-c3cccc([N+](=O)[O-])c3)[nH]c1=O)O2. The number of rotatable bonds is 3. The second-order valence-electron chi connectivity index (χ2n) is 7.04. The fourth-order valence-electron chi connectivity index (χ4n) is 3.74. The highest BCUT2D eigenvalue weighted by Gasteiger charge is 2.36. The smallest absolute Gasteiger partial charge is 0.328 e. The van der Waals surface area contributed by atoms with Crippen LogP contribution in [0, 0.1) is 10.1 Å². The van der Waals surface area contributed by atoms with Crippen LogP contribution in [0.25, 0.3) is 11.4 Å². The third kappa shape index (κ3) is 3.08. The van der Waals surface area contributed by atoms with Crippen molar-refractivity contribution in [3.63, 3.8) is 0 Å². The first-order valence-electron chi connectivity index (χ1n) is 9.40. The van der Waals surface area contributed by atoms with E-state index < -0.39 is 27.6 Å². The summed E-state index contributed by atoms with van der Waals surface area (Å²) in [6.45, 7) is 0. The van der Waals surface area contributed by atoms with Gasteiger partial charge in [0.1, 0.15) is 5.82 Å². The third-order valence-corrected chi connectivity index (χ3v) is 5.10. The molecule has 2 aromatic heterocycles. The summed E-state index contributed by atoms with van der Waals surface area (Å²) in [5.41, 5.74) is -1.16. The third-order valence-electron chi connectivity index (χ3n) is 5.10. The summed E-state index contributed by atoms with van der Waals surface area (Å²) >= 11 is 0. The van der Waals surface area contributed by atoms with Crippen LogP contribution in [0.15, 0.2) is 69.0 Å². The molecule has 0 spiro atoms. The fourth-order valence-corrected chi connectivity index (χ4v) is 3.74. The Balaban J connectivity index is 1.76. The second-order valence-corrected chi connectivity index (χ2v) is 7.04. The van der Waals surface area contributed by atoms with Crippen LogP contribution in [0.1, 0.15) is 22.6 Å². The molecule has 3 N–H and O–H groups in total. The lowest BCUT2D eigenvalue weighted by Crippen LogP contribution is -2.33. The number of nitro benzene ring substituents is 1. The number of non-ortho nitro benzene ring substituents is 1. The van der Waals surface area contributed by atoms with Crippen molar-refractivity contribution in [3.8, 4) is 23.1 Å². The lowest BCUT2D eigenvalue weighted by Gasteiger charge is -2.25. The first kappa shape index (κ1) is 19.2. The van der Waals surface area contributed by atoms with Crippen molar-refractivity contribution in [2.24, 2.45) is 0 Å². The summed E-state index contributed by atoms with van der Waals surface area (Å²) in [6.07, 6.45) is 0. The molecule has 5 rings (SSSR count). The number of aromatic nitrogens is 4. The van der Waals surface area contributed by atoms with Gasteiger partial charge in [-0.15, -0.1) is 0 Å². The molecular weight excluding hydrogens is 418 g/mol. The molecule has 0 fully saturated rings. The van der Waals surface area contributed by atoms with Gasteiger partial charge in [0.25, 0.3) is 16.8 Å². The molecule has 0 bridgehead atoms. The lowest BCUT2D eigenvalue weighted by atomic mass is 9.86. The normalized spacial score (nSPS) is 14.2. The van der Waals surface area contributed by atoms with E-state index in [0.717, 1.165) is 0 Å². The van der Waals surface area contributed by atoms with Gasteiger partial charge in [0.15, 0.2) is 0 Å². The zero-order chi connectivity index (χ0) is 22.4. The molecule has 1 unspecified atom stereocenters. The van der Waals surface area contributed by atoms with E-state index in [4.69, 9.17) is 4.74 Å². The Bertz CT molecular complexity index is 1550. The summed E-state index contributed by atoms with van der Waals surface area (Å²) in [7, 11) is 0. The van der Waals surface area contributed by atoms with Crippen LogP contribution in [0.5, 0.6) is 11.8 Å². The van der Waals surface area contributed by atoms with Crippen molar-refractivity contribution in [2.75, 3.05) is 0 Å². The van der Waals surface area contributed by atoms with Crippen LogP contribution in [-0.4, -0.2) is 24.9 Å². The number of nitrogens with zero attached hydrogens (tertiary/aromatic N) is 2. The van der Waals surface area contributed by atoms with Gasteiger partial charge in [0.05, 0.1) is 22.0 Å². The highest BCUT2D eigenvalue weighted by Crippen LogP contribution is 2.42. The summed E-state index contributed by atoms with van der Waals surface area (Å²) in [4.78, 5) is 59.7. The van der Waals surface area contributed by atoms with Gasteiger partial charge in [-0.3, -0.25) is 29.7 Å². The number of aromatic amines is 3. The van der Waals surface area contributed by atoms with E-state index in [9.17, 15) is 24.5 Å². The van der Waals surface area contributed by atoms with Crippen LogP contribution < -0.4 is 21.5 Å². The van der Waals surface area contributed by atoms with Gasteiger partial charge in [-0.05, 0) is 5.56 Å². The van der Waals surface area contributed by atoms with Crippen molar-refractivity contribution in [3.05, 3.63) is 113 Å².